The molecule has 2 nitrogen and oxygen atoms in total. The average molecular weight is 293 g/mol. The first kappa shape index (κ1) is 15.8. The fourth-order valence-electron chi connectivity index (χ4n) is 5.14. The molecule has 1 atom stereocenters. The monoisotopic (exact) mass is 292 g/mol. The molecule has 1 N–H and O–H groups in total. The van der Waals surface area contributed by atoms with Gasteiger partial charge in [0, 0.05) is 12.1 Å². The number of nitrogens with zero attached hydrogens (tertiary/aromatic N) is 1. The second-order valence-electron chi connectivity index (χ2n) is 8.17. The first-order valence-electron chi connectivity index (χ1n) is 9.75. The van der Waals surface area contributed by atoms with E-state index in [4.69, 9.17) is 0 Å². The summed E-state index contributed by atoms with van der Waals surface area (Å²) < 4.78 is 0. The van der Waals surface area contributed by atoms with Gasteiger partial charge in [-0.2, -0.15) is 0 Å². The largest absolute Gasteiger partial charge is 0.314 e. The third-order valence-electron chi connectivity index (χ3n) is 6.71. The number of hydrogen-bond acceptors (Lipinski definition) is 2. The highest BCUT2D eigenvalue weighted by atomic mass is 15.2. The molecule has 0 radical (unpaired) electrons. The van der Waals surface area contributed by atoms with Gasteiger partial charge in [0.25, 0.3) is 0 Å². The Bertz CT molecular complexity index is 299. The van der Waals surface area contributed by atoms with Gasteiger partial charge in [-0.15, -0.1) is 0 Å². The molecular weight excluding hydrogens is 256 g/mol. The van der Waals surface area contributed by atoms with E-state index in [9.17, 15) is 0 Å². The van der Waals surface area contributed by atoms with Crippen LogP contribution in [0.3, 0.4) is 0 Å². The summed E-state index contributed by atoms with van der Waals surface area (Å²) in [4.78, 5) is 2.71. The van der Waals surface area contributed by atoms with Gasteiger partial charge in [0.2, 0.25) is 0 Å². The van der Waals surface area contributed by atoms with Gasteiger partial charge >= 0.3 is 0 Å². The lowest BCUT2D eigenvalue weighted by Gasteiger charge is -2.38. The topological polar surface area (TPSA) is 15.3 Å². The summed E-state index contributed by atoms with van der Waals surface area (Å²) in [7, 11) is 0. The van der Waals surface area contributed by atoms with Crippen molar-refractivity contribution >= 4 is 0 Å². The van der Waals surface area contributed by atoms with Crippen LogP contribution >= 0.6 is 0 Å². The van der Waals surface area contributed by atoms with Crippen LogP contribution in [0.2, 0.25) is 0 Å². The molecule has 0 aromatic rings. The van der Waals surface area contributed by atoms with Gasteiger partial charge in [-0.25, -0.2) is 0 Å². The van der Waals surface area contributed by atoms with Crippen LogP contribution in [0.4, 0.5) is 0 Å². The van der Waals surface area contributed by atoms with Crippen LogP contribution < -0.4 is 5.32 Å². The van der Waals surface area contributed by atoms with Gasteiger partial charge in [-0.3, -0.25) is 0 Å². The fraction of sp³-hybridized carbons (Fsp3) is 1.00. The van der Waals surface area contributed by atoms with Gasteiger partial charge in [-0.05, 0) is 89.8 Å². The molecule has 122 valence electrons. The van der Waals surface area contributed by atoms with Crippen molar-refractivity contribution in [1.82, 2.24) is 10.2 Å². The molecule has 2 aliphatic carbocycles. The Morgan fingerprint density at radius 3 is 2.43 bits per heavy atom. The van der Waals surface area contributed by atoms with Crippen molar-refractivity contribution in [2.75, 3.05) is 19.6 Å². The number of piperidine rings is 1. The van der Waals surface area contributed by atoms with E-state index in [1.165, 1.54) is 96.7 Å². The summed E-state index contributed by atoms with van der Waals surface area (Å²) in [5.41, 5.74) is 0.793. The lowest BCUT2D eigenvalue weighted by molar-refractivity contribution is 0.152. The first-order chi connectivity index (χ1) is 10.3. The van der Waals surface area contributed by atoms with Gasteiger partial charge < -0.3 is 10.2 Å². The van der Waals surface area contributed by atoms with Crippen LogP contribution in [0.5, 0.6) is 0 Å². The second-order valence-corrected chi connectivity index (χ2v) is 8.17. The quantitative estimate of drug-likeness (QED) is 0.758. The van der Waals surface area contributed by atoms with Crippen LogP contribution in [0.25, 0.3) is 0 Å². The Kier molecular flexibility index (Phi) is 5.61. The van der Waals surface area contributed by atoms with E-state index in [0.29, 0.717) is 0 Å². The Balaban J connectivity index is 1.28. The van der Waals surface area contributed by atoms with Crippen molar-refractivity contribution in [2.24, 2.45) is 5.41 Å². The van der Waals surface area contributed by atoms with Crippen molar-refractivity contribution in [1.29, 1.82) is 0 Å². The van der Waals surface area contributed by atoms with Gasteiger partial charge in [0.15, 0.2) is 0 Å². The molecule has 1 heterocycles. The molecule has 1 aliphatic heterocycles. The Morgan fingerprint density at radius 2 is 1.71 bits per heavy atom. The predicted molar refractivity (Wildman–Crippen MR) is 90.7 cm³/mol. The SMILES string of the molecule is CC1CCCCN1CCCNC1CCC2(CCCC2)CC1. The van der Waals surface area contributed by atoms with E-state index in [2.05, 4.69) is 17.1 Å². The smallest absolute Gasteiger partial charge is 0.00674 e. The minimum atomic E-state index is 0.793. The lowest BCUT2D eigenvalue weighted by Crippen LogP contribution is -2.40. The summed E-state index contributed by atoms with van der Waals surface area (Å²) in [6, 6.07) is 1.66. The van der Waals surface area contributed by atoms with Gasteiger partial charge in [-0.1, -0.05) is 19.3 Å². The number of rotatable bonds is 5. The maximum atomic E-state index is 3.86. The standard InChI is InChI=1S/C19H36N2/c1-17-7-2-5-15-21(17)16-6-14-20-18-8-12-19(13-9-18)10-3-4-11-19/h17-18,20H,2-16H2,1H3. The highest BCUT2D eigenvalue weighted by Crippen LogP contribution is 2.48. The summed E-state index contributed by atoms with van der Waals surface area (Å²) >= 11 is 0. The zero-order valence-electron chi connectivity index (χ0n) is 14.2. The van der Waals surface area contributed by atoms with Gasteiger partial charge in [0.05, 0.1) is 0 Å². The zero-order valence-corrected chi connectivity index (χ0v) is 14.2. The van der Waals surface area contributed by atoms with Crippen LogP contribution in [0.15, 0.2) is 0 Å². The Hall–Kier alpha value is -0.0800. The first-order valence-corrected chi connectivity index (χ1v) is 9.75. The molecule has 2 heteroatoms. The third kappa shape index (κ3) is 4.22. The molecule has 3 fully saturated rings. The van der Waals surface area contributed by atoms with Crippen molar-refractivity contribution in [3.63, 3.8) is 0 Å². The number of likely N-dealkylation sites (tertiary alicyclic amines) is 1. The molecule has 1 unspecified atom stereocenters. The summed E-state index contributed by atoms with van der Waals surface area (Å²) in [5, 5.41) is 3.86. The van der Waals surface area contributed by atoms with E-state index < -0.39 is 0 Å². The van der Waals surface area contributed by atoms with E-state index in [0.717, 1.165) is 17.5 Å². The molecule has 3 aliphatic rings. The van der Waals surface area contributed by atoms with Crippen molar-refractivity contribution in [3.05, 3.63) is 0 Å². The minimum Gasteiger partial charge on any atom is -0.314 e. The summed E-state index contributed by atoms with van der Waals surface area (Å²) in [5.74, 6) is 0. The van der Waals surface area contributed by atoms with Crippen molar-refractivity contribution < 1.29 is 0 Å². The molecule has 0 aromatic heterocycles. The maximum absolute atomic E-state index is 3.86. The van der Waals surface area contributed by atoms with Crippen LogP contribution in [0.1, 0.15) is 84.0 Å². The average Bonchev–Trinajstić information content (AvgIpc) is 2.96. The van der Waals surface area contributed by atoms with Gasteiger partial charge in [0.1, 0.15) is 0 Å². The van der Waals surface area contributed by atoms with E-state index >= 15 is 0 Å². The van der Waals surface area contributed by atoms with Crippen molar-refractivity contribution in [2.45, 2.75) is 96.1 Å². The van der Waals surface area contributed by atoms with Crippen LogP contribution in [-0.2, 0) is 0 Å². The van der Waals surface area contributed by atoms with E-state index in [1.54, 1.807) is 0 Å². The van der Waals surface area contributed by atoms with Crippen LogP contribution in [0, 0.1) is 5.41 Å². The molecule has 0 bridgehead atoms. The maximum Gasteiger partial charge on any atom is 0.00674 e. The Morgan fingerprint density at radius 1 is 0.952 bits per heavy atom. The number of hydrogen-bond donors (Lipinski definition) is 1. The van der Waals surface area contributed by atoms with Crippen molar-refractivity contribution in [3.8, 4) is 0 Å². The Labute approximate surface area is 132 Å². The van der Waals surface area contributed by atoms with E-state index in [-0.39, 0.29) is 0 Å². The number of nitrogens with one attached hydrogen (secondary N) is 1. The molecule has 21 heavy (non-hydrogen) atoms. The minimum absolute atomic E-state index is 0.793. The zero-order chi connectivity index (χ0) is 14.5. The summed E-state index contributed by atoms with van der Waals surface area (Å²) in [6.45, 7) is 6.30. The summed E-state index contributed by atoms with van der Waals surface area (Å²) in [6.07, 6.45) is 17.6. The highest BCUT2D eigenvalue weighted by Gasteiger charge is 2.37. The highest BCUT2D eigenvalue weighted by molar-refractivity contribution is 4.91. The molecular formula is C19H36N2. The molecule has 0 aromatic carbocycles. The second kappa shape index (κ2) is 7.46. The molecule has 1 spiro atoms. The van der Waals surface area contributed by atoms with E-state index in [1.807, 2.05) is 0 Å². The molecule has 0 amide bonds. The molecule has 3 rings (SSSR count). The lowest BCUT2D eigenvalue weighted by atomic mass is 9.71. The fourth-order valence-corrected chi connectivity index (χ4v) is 5.14. The predicted octanol–water partition coefficient (Wildman–Crippen LogP) is 4.34. The van der Waals surface area contributed by atoms with Crippen LogP contribution in [-0.4, -0.2) is 36.6 Å². The molecule has 2 saturated carbocycles. The third-order valence-corrected chi connectivity index (χ3v) is 6.71. The molecule has 1 saturated heterocycles. The normalized spacial score (nSPS) is 31.0.